The fourth-order valence-corrected chi connectivity index (χ4v) is 4.86. The summed E-state index contributed by atoms with van der Waals surface area (Å²) < 4.78 is 9.08. The van der Waals surface area contributed by atoms with Crippen molar-refractivity contribution in [1.82, 2.24) is 29.6 Å². The van der Waals surface area contributed by atoms with Crippen molar-refractivity contribution in [2.75, 3.05) is 11.9 Å². The van der Waals surface area contributed by atoms with Crippen LogP contribution in [0.25, 0.3) is 17.0 Å². The number of rotatable bonds is 5. The zero-order valence-corrected chi connectivity index (χ0v) is 20.0. The SMILES string of the molecule is CCn1c(=O)c2cnc(Nc3ccc4c(c3)CNCC4(C)C)nc2n1-c1nc(C2(C)CC2)co1. The van der Waals surface area contributed by atoms with Crippen LogP contribution in [0, 0.1) is 0 Å². The molecule has 1 aliphatic carbocycles. The normalized spacial score (nSPS) is 18.1. The summed E-state index contributed by atoms with van der Waals surface area (Å²) in [6.45, 7) is 10.8. The number of nitrogens with one attached hydrogen (secondary N) is 2. The molecule has 0 spiro atoms. The molecular formula is C25H29N7O2. The standard InChI is InChI=1S/C25H29N7O2/c1-5-31-21(33)17-12-27-22(28-16-6-7-18-15(10-16)11-26-14-24(18,2)3)30-20(17)32(31)23-29-19(13-34-23)25(4)8-9-25/h6-7,10,12-13,26H,5,8-9,11,14H2,1-4H3,(H,27,28,30). The van der Waals surface area contributed by atoms with Gasteiger partial charge in [-0.3, -0.25) is 4.79 Å². The lowest BCUT2D eigenvalue weighted by Gasteiger charge is -2.33. The molecule has 2 N–H and O–H groups in total. The van der Waals surface area contributed by atoms with Crippen molar-refractivity contribution in [3.05, 3.63) is 57.8 Å². The van der Waals surface area contributed by atoms with Gasteiger partial charge in [0.05, 0.1) is 5.69 Å². The van der Waals surface area contributed by atoms with Crippen LogP contribution in [0.5, 0.6) is 0 Å². The van der Waals surface area contributed by atoms with E-state index in [2.05, 4.69) is 54.6 Å². The first-order valence-corrected chi connectivity index (χ1v) is 11.9. The van der Waals surface area contributed by atoms with Gasteiger partial charge >= 0.3 is 6.01 Å². The first-order chi connectivity index (χ1) is 16.3. The van der Waals surface area contributed by atoms with Crippen molar-refractivity contribution in [2.45, 2.75) is 64.5 Å². The molecule has 2 aliphatic rings. The average molecular weight is 460 g/mol. The van der Waals surface area contributed by atoms with Crippen LogP contribution in [0.4, 0.5) is 11.6 Å². The first-order valence-electron chi connectivity index (χ1n) is 11.9. The Morgan fingerprint density at radius 3 is 2.79 bits per heavy atom. The summed E-state index contributed by atoms with van der Waals surface area (Å²) in [5.74, 6) is 0.415. The second kappa shape index (κ2) is 7.27. The van der Waals surface area contributed by atoms with Crippen LogP contribution in [0.2, 0.25) is 0 Å². The Kier molecular flexibility index (Phi) is 4.51. The van der Waals surface area contributed by atoms with E-state index in [1.807, 2.05) is 6.92 Å². The highest BCUT2D eigenvalue weighted by molar-refractivity contribution is 5.76. The molecule has 34 heavy (non-hydrogen) atoms. The van der Waals surface area contributed by atoms with Crippen molar-refractivity contribution >= 4 is 22.7 Å². The van der Waals surface area contributed by atoms with Crippen LogP contribution >= 0.6 is 0 Å². The first kappa shape index (κ1) is 21.1. The molecule has 4 aromatic rings. The highest BCUT2D eigenvalue weighted by atomic mass is 16.4. The molecule has 3 aromatic heterocycles. The van der Waals surface area contributed by atoms with Gasteiger partial charge in [-0.25, -0.2) is 9.67 Å². The molecule has 4 heterocycles. The summed E-state index contributed by atoms with van der Waals surface area (Å²) in [4.78, 5) is 26.9. The third-order valence-corrected chi connectivity index (χ3v) is 7.24. The van der Waals surface area contributed by atoms with Crippen LogP contribution < -0.4 is 16.2 Å². The van der Waals surface area contributed by atoms with E-state index in [9.17, 15) is 4.79 Å². The summed E-state index contributed by atoms with van der Waals surface area (Å²) in [5.41, 5.74) is 4.90. The summed E-state index contributed by atoms with van der Waals surface area (Å²) >= 11 is 0. The number of fused-ring (bicyclic) bond motifs is 2. The van der Waals surface area contributed by atoms with Crippen LogP contribution in [0.1, 0.15) is 57.4 Å². The van der Waals surface area contributed by atoms with Crippen LogP contribution in [-0.4, -0.2) is 30.9 Å². The Morgan fingerprint density at radius 1 is 1.21 bits per heavy atom. The van der Waals surface area contributed by atoms with Gasteiger partial charge in [0.25, 0.3) is 5.56 Å². The van der Waals surface area contributed by atoms with E-state index in [-0.39, 0.29) is 16.4 Å². The molecule has 0 bridgehead atoms. The quantitative estimate of drug-likeness (QED) is 0.468. The summed E-state index contributed by atoms with van der Waals surface area (Å²) in [7, 11) is 0. The molecule has 0 radical (unpaired) electrons. The molecule has 1 aliphatic heterocycles. The highest BCUT2D eigenvalue weighted by Gasteiger charge is 2.42. The van der Waals surface area contributed by atoms with Crippen LogP contribution in [0.15, 0.2) is 39.9 Å². The molecular weight excluding hydrogens is 430 g/mol. The Labute approximate surface area is 197 Å². The zero-order chi connectivity index (χ0) is 23.7. The lowest BCUT2D eigenvalue weighted by molar-refractivity contribution is 0.435. The molecule has 1 aromatic carbocycles. The predicted octanol–water partition coefficient (Wildman–Crippen LogP) is 3.77. The smallest absolute Gasteiger partial charge is 0.323 e. The zero-order valence-electron chi connectivity index (χ0n) is 20.0. The maximum atomic E-state index is 13.0. The lowest BCUT2D eigenvalue weighted by atomic mass is 9.79. The van der Waals surface area contributed by atoms with Crippen LogP contribution in [-0.2, 0) is 23.9 Å². The molecule has 176 valence electrons. The van der Waals surface area contributed by atoms with Crippen molar-refractivity contribution < 1.29 is 4.42 Å². The highest BCUT2D eigenvalue weighted by Crippen LogP contribution is 2.47. The van der Waals surface area contributed by atoms with E-state index in [0.717, 1.165) is 37.3 Å². The summed E-state index contributed by atoms with van der Waals surface area (Å²) in [5, 5.41) is 7.23. The van der Waals surface area contributed by atoms with E-state index < -0.39 is 0 Å². The molecule has 0 atom stereocenters. The van der Waals surface area contributed by atoms with Crippen molar-refractivity contribution in [2.24, 2.45) is 0 Å². The monoisotopic (exact) mass is 459 g/mol. The summed E-state index contributed by atoms with van der Waals surface area (Å²) in [6, 6.07) is 6.72. The lowest BCUT2D eigenvalue weighted by Crippen LogP contribution is -2.38. The Bertz CT molecular complexity index is 1470. The van der Waals surface area contributed by atoms with Gasteiger partial charge in [-0.2, -0.15) is 14.6 Å². The number of anilines is 2. The van der Waals surface area contributed by atoms with E-state index in [1.165, 1.54) is 11.1 Å². The van der Waals surface area contributed by atoms with E-state index in [0.29, 0.717) is 29.5 Å². The Hall–Kier alpha value is -3.46. The minimum absolute atomic E-state index is 0.0691. The second-order valence-electron chi connectivity index (χ2n) is 10.3. The molecule has 0 unspecified atom stereocenters. The van der Waals surface area contributed by atoms with Gasteiger partial charge in [0.15, 0.2) is 5.65 Å². The van der Waals surface area contributed by atoms with Gasteiger partial charge in [-0.15, -0.1) is 0 Å². The maximum Gasteiger partial charge on any atom is 0.323 e. The van der Waals surface area contributed by atoms with Gasteiger partial charge in [0.2, 0.25) is 5.95 Å². The number of aromatic nitrogens is 5. The maximum absolute atomic E-state index is 13.0. The molecule has 0 saturated heterocycles. The number of hydrogen-bond acceptors (Lipinski definition) is 7. The van der Waals surface area contributed by atoms with Gasteiger partial charge in [0, 0.05) is 42.3 Å². The molecule has 0 amide bonds. The largest absolute Gasteiger partial charge is 0.430 e. The third-order valence-electron chi connectivity index (χ3n) is 7.24. The second-order valence-corrected chi connectivity index (χ2v) is 10.3. The van der Waals surface area contributed by atoms with Crippen molar-refractivity contribution in [3.63, 3.8) is 0 Å². The number of benzene rings is 1. The molecule has 1 saturated carbocycles. The third kappa shape index (κ3) is 3.26. The van der Waals surface area contributed by atoms with Gasteiger partial charge < -0.3 is 15.1 Å². The minimum atomic E-state index is -0.163. The fraction of sp³-hybridized carbons (Fsp3) is 0.440. The number of oxazole rings is 1. The predicted molar refractivity (Wildman–Crippen MR) is 130 cm³/mol. The molecule has 9 heteroatoms. The topological polar surface area (TPSA) is 103 Å². The van der Waals surface area contributed by atoms with Crippen LogP contribution in [0.3, 0.4) is 0 Å². The minimum Gasteiger partial charge on any atom is -0.430 e. The van der Waals surface area contributed by atoms with E-state index >= 15 is 0 Å². The fourth-order valence-electron chi connectivity index (χ4n) is 4.86. The number of nitrogens with zero attached hydrogens (tertiary/aromatic N) is 5. The van der Waals surface area contributed by atoms with Crippen molar-refractivity contribution in [1.29, 1.82) is 0 Å². The Balaban J connectivity index is 1.40. The Morgan fingerprint density at radius 2 is 2.03 bits per heavy atom. The average Bonchev–Trinajstić information content (AvgIpc) is 3.25. The van der Waals surface area contributed by atoms with Gasteiger partial charge in [0.1, 0.15) is 11.6 Å². The van der Waals surface area contributed by atoms with E-state index in [4.69, 9.17) is 14.4 Å². The number of hydrogen-bond donors (Lipinski definition) is 2. The van der Waals surface area contributed by atoms with Gasteiger partial charge in [-0.1, -0.05) is 26.8 Å². The summed E-state index contributed by atoms with van der Waals surface area (Å²) in [6.07, 6.45) is 5.46. The van der Waals surface area contributed by atoms with Gasteiger partial charge in [-0.05, 0) is 43.0 Å². The van der Waals surface area contributed by atoms with E-state index in [1.54, 1.807) is 21.8 Å². The molecule has 6 rings (SSSR count). The molecule has 9 nitrogen and oxygen atoms in total. The van der Waals surface area contributed by atoms with Crippen molar-refractivity contribution in [3.8, 4) is 6.01 Å². The molecule has 1 fully saturated rings.